The predicted molar refractivity (Wildman–Crippen MR) is 101 cm³/mol. The molecule has 1 atom stereocenters. The number of carbonyl (C=O) groups is 1. The van der Waals surface area contributed by atoms with E-state index < -0.39 is 5.91 Å². The molecule has 4 N–H and O–H groups in total. The third-order valence-electron chi connectivity index (χ3n) is 4.14. The average Bonchev–Trinajstić information content (AvgIpc) is 2.68. The summed E-state index contributed by atoms with van der Waals surface area (Å²) in [5.41, 5.74) is 14.1. The van der Waals surface area contributed by atoms with Gasteiger partial charge in [0.25, 0.3) is 0 Å². The molecule has 0 bridgehead atoms. The minimum absolute atomic E-state index is 0.0279. The Balaban J connectivity index is 1.55. The molecule has 0 spiro atoms. The summed E-state index contributed by atoms with van der Waals surface area (Å²) < 4.78 is 5.68. The molecule has 26 heavy (non-hydrogen) atoms. The summed E-state index contributed by atoms with van der Waals surface area (Å²) in [6.45, 7) is 0. The molecule has 132 valence electrons. The number of aryl methyl sites for hydroxylation is 1. The second-order valence-electron chi connectivity index (χ2n) is 6.05. The Bertz CT molecular complexity index is 847. The molecule has 5 heteroatoms. The van der Waals surface area contributed by atoms with E-state index in [0.29, 0.717) is 17.2 Å². The SMILES string of the molecule is NC(=O)c1ccc(Oc2ccc(CCC(N)c3ccccc3)cc2)nc1. The number of amides is 1. The summed E-state index contributed by atoms with van der Waals surface area (Å²) in [5.74, 6) is 0.580. The van der Waals surface area contributed by atoms with Crippen LogP contribution in [0.1, 0.15) is 33.9 Å². The van der Waals surface area contributed by atoms with Crippen LogP contribution >= 0.6 is 0 Å². The zero-order valence-corrected chi connectivity index (χ0v) is 14.3. The van der Waals surface area contributed by atoms with Gasteiger partial charge in [0, 0.05) is 18.3 Å². The number of aromatic nitrogens is 1. The van der Waals surface area contributed by atoms with Gasteiger partial charge in [-0.2, -0.15) is 0 Å². The van der Waals surface area contributed by atoms with E-state index in [9.17, 15) is 4.79 Å². The maximum absolute atomic E-state index is 11.0. The van der Waals surface area contributed by atoms with Crippen molar-refractivity contribution in [3.8, 4) is 11.6 Å². The van der Waals surface area contributed by atoms with Crippen molar-refractivity contribution in [2.45, 2.75) is 18.9 Å². The molecule has 3 aromatic rings. The average molecular weight is 347 g/mol. The summed E-state index contributed by atoms with van der Waals surface area (Å²) in [6.07, 6.45) is 3.17. The topological polar surface area (TPSA) is 91.2 Å². The molecule has 1 unspecified atom stereocenters. The molecule has 0 saturated heterocycles. The van der Waals surface area contributed by atoms with Gasteiger partial charge in [0.2, 0.25) is 11.8 Å². The van der Waals surface area contributed by atoms with E-state index in [4.69, 9.17) is 16.2 Å². The first-order valence-corrected chi connectivity index (χ1v) is 8.45. The van der Waals surface area contributed by atoms with Crippen LogP contribution in [-0.4, -0.2) is 10.9 Å². The minimum atomic E-state index is -0.512. The molecule has 2 aromatic carbocycles. The van der Waals surface area contributed by atoms with Crippen LogP contribution in [0, 0.1) is 0 Å². The molecule has 3 rings (SSSR count). The Morgan fingerprint density at radius 2 is 1.73 bits per heavy atom. The van der Waals surface area contributed by atoms with Crippen LogP contribution < -0.4 is 16.2 Å². The van der Waals surface area contributed by atoms with Crippen molar-refractivity contribution in [2.75, 3.05) is 0 Å². The maximum atomic E-state index is 11.0. The largest absolute Gasteiger partial charge is 0.439 e. The second kappa shape index (κ2) is 8.27. The summed E-state index contributed by atoms with van der Waals surface area (Å²) in [4.78, 5) is 15.1. The van der Waals surface area contributed by atoms with Gasteiger partial charge < -0.3 is 16.2 Å². The molecule has 1 aromatic heterocycles. The minimum Gasteiger partial charge on any atom is -0.439 e. The molecule has 1 heterocycles. The number of carbonyl (C=O) groups excluding carboxylic acids is 1. The smallest absolute Gasteiger partial charge is 0.250 e. The van der Waals surface area contributed by atoms with Crippen LogP contribution in [0.3, 0.4) is 0 Å². The van der Waals surface area contributed by atoms with Gasteiger partial charge in [-0.3, -0.25) is 4.79 Å². The second-order valence-corrected chi connectivity index (χ2v) is 6.05. The van der Waals surface area contributed by atoms with Gasteiger partial charge in [-0.15, -0.1) is 0 Å². The van der Waals surface area contributed by atoms with E-state index in [0.717, 1.165) is 18.4 Å². The Morgan fingerprint density at radius 3 is 2.35 bits per heavy atom. The van der Waals surface area contributed by atoms with Crippen molar-refractivity contribution in [1.29, 1.82) is 0 Å². The van der Waals surface area contributed by atoms with Crippen molar-refractivity contribution in [1.82, 2.24) is 4.98 Å². The first kappa shape index (κ1) is 17.6. The fraction of sp³-hybridized carbons (Fsp3) is 0.143. The van der Waals surface area contributed by atoms with Crippen LogP contribution in [0.25, 0.3) is 0 Å². The Hall–Kier alpha value is -3.18. The van der Waals surface area contributed by atoms with E-state index in [1.807, 2.05) is 42.5 Å². The van der Waals surface area contributed by atoms with Gasteiger partial charge in [0.1, 0.15) is 5.75 Å². The molecule has 1 amide bonds. The van der Waals surface area contributed by atoms with Crippen LogP contribution in [0.4, 0.5) is 0 Å². The van der Waals surface area contributed by atoms with Crippen molar-refractivity contribution in [3.63, 3.8) is 0 Å². The predicted octanol–water partition coefficient (Wildman–Crippen LogP) is 3.61. The number of primary amides is 1. The molecule has 0 aliphatic carbocycles. The molecule has 0 aliphatic heterocycles. The monoisotopic (exact) mass is 347 g/mol. The Labute approximate surface area is 152 Å². The van der Waals surface area contributed by atoms with Gasteiger partial charge in [0.15, 0.2) is 0 Å². The number of hydrogen-bond acceptors (Lipinski definition) is 4. The lowest BCUT2D eigenvalue weighted by Gasteiger charge is -2.12. The fourth-order valence-electron chi connectivity index (χ4n) is 2.62. The quantitative estimate of drug-likeness (QED) is 0.683. The van der Waals surface area contributed by atoms with Crippen molar-refractivity contribution in [2.24, 2.45) is 11.5 Å². The van der Waals surface area contributed by atoms with Crippen molar-refractivity contribution < 1.29 is 9.53 Å². The summed E-state index contributed by atoms with van der Waals surface area (Å²) in [7, 11) is 0. The standard InChI is InChI=1S/C21H21N3O2/c22-19(16-4-2-1-3-5-16)12-8-15-6-10-18(11-7-15)26-20-13-9-17(14-24-20)21(23)25/h1-7,9-11,13-14,19H,8,12,22H2,(H2,23,25). The number of ether oxygens (including phenoxy) is 1. The highest BCUT2D eigenvalue weighted by Gasteiger charge is 2.06. The van der Waals surface area contributed by atoms with E-state index >= 15 is 0 Å². The van der Waals surface area contributed by atoms with Gasteiger partial charge in [-0.1, -0.05) is 42.5 Å². The molecule has 0 fully saturated rings. The number of pyridine rings is 1. The molecule has 0 radical (unpaired) electrons. The first-order chi connectivity index (χ1) is 12.6. The number of rotatable bonds is 7. The van der Waals surface area contributed by atoms with Gasteiger partial charge in [-0.05, 0) is 42.2 Å². The van der Waals surface area contributed by atoms with Crippen LogP contribution in [0.15, 0.2) is 72.9 Å². The third-order valence-corrected chi connectivity index (χ3v) is 4.14. The highest BCUT2D eigenvalue weighted by atomic mass is 16.5. The van der Waals surface area contributed by atoms with Gasteiger partial charge in [-0.25, -0.2) is 4.98 Å². The lowest BCUT2D eigenvalue weighted by Crippen LogP contribution is -2.11. The van der Waals surface area contributed by atoms with Crippen molar-refractivity contribution >= 4 is 5.91 Å². The number of nitrogens with two attached hydrogens (primary N) is 2. The highest BCUT2D eigenvalue weighted by Crippen LogP contribution is 2.22. The van der Waals surface area contributed by atoms with E-state index in [-0.39, 0.29) is 6.04 Å². The lowest BCUT2D eigenvalue weighted by molar-refractivity contribution is 0.1000. The summed E-state index contributed by atoms with van der Waals surface area (Å²) in [5, 5.41) is 0. The highest BCUT2D eigenvalue weighted by molar-refractivity contribution is 5.92. The summed E-state index contributed by atoms with van der Waals surface area (Å²) in [6, 6.07) is 21.2. The van der Waals surface area contributed by atoms with Crippen LogP contribution in [0.5, 0.6) is 11.6 Å². The Morgan fingerprint density at radius 1 is 1.00 bits per heavy atom. The molecular formula is C21H21N3O2. The normalized spacial score (nSPS) is 11.7. The number of benzene rings is 2. The maximum Gasteiger partial charge on any atom is 0.250 e. The van der Waals surface area contributed by atoms with Crippen LogP contribution in [-0.2, 0) is 6.42 Å². The van der Waals surface area contributed by atoms with Crippen LogP contribution in [0.2, 0.25) is 0 Å². The Kier molecular flexibility index (Phi) is 5.61. The molecule has 0 saturated carbocycles. The van der Waals surface area contributed by atoms with Crippen molar-refractivity contribution in [3.05, 3.63) is 89.6 Å². The third kappa shape index (κ3) is 4.68. The summed E-state index contributed by atoms with van der Waals surface area (Å²) >= 11 is 0. The van der Waals surface area contributed by atoms with E-state index in [1.54, 1.807) is 12.1 Å². The van der Waals surface area contributed by atoms with E-state index in [1.165, 1.54) is 11.8 Å². The molecular weight excluding hydrogens is 326 g/mol. The van der Waals surface area contributed by atoms with Gasteiger partial charge >= 0.3 is 0 Å². The number of nitrogens with zero attached hydrogens (tertiary/aromatic N) is 1. The fourth-order valence-corrected chi connectivity index (χ4v) is 2.62. The molecule has 0 aliphatic rings. The van der Waals surface area contributed by atoms with Gasteiger partial charge in [0.05, 0.1) is 5.56 Å². The zero-order valence-electron chi connectivity index (χ0n) is 14.3. The number of hydrogen-bond donors (Lipinski definition) is 2. The molecule has 5 nitrogen and oxygen atoms in total. The first-order valence-electron chi connectivity index (χ1n) is 8.45. The lowest BCUT2D eigenvalue weighted by atomic mass is 10.00. The zero-order chi connectivity index (χ0) is 18.4. The van der Waals surface area contributed by atoms with E-state index in [2.05, 4.69) is 17.1 Å².